The van der Waals surface area contributed by atoms with Crippen molar-refractivity contribution in [2.75, 3.05) is 0 Å². The molecule has 1 nitrogen and oxygen atoms in total. The van der Waals surface area contributed by atoms with Crippen molar-refractivity contribution in [3.05, 3.63) is 12.7 Å². The molecule has 1 heteroatoms. The average molecular weight is 183 g/mol. The number of nitrogens with two attached hydrogens (primary N) is 1. The molecule has 0 fully saturated rings. The summed E-state index contributed by atoms with van der Waals surface area (Å²) in [5, 5.41) is 0. The Morgan fingerprint density at radius 2 is 1.92 bits per heavy atom. The van der Waals surface area contributed by atoms with Crippen molar-refractivity contribution in [1.82, 2.24) is 0 Å². The van der Waals surface area contributed by atoms with E-state index in [2.05, 4.69) is 20.4 Å². The molecule has 0 amide bonds. The van der Waals surface area contributed by atoms with E-state index in [1.54, 1.807) is 0 Å². The van der Waals surface area contributed by atoms with Crippen molar-refractivity contribution in [1.29, 1.82) is 0 Å². The van der Waals surface area contributed by atoms with E-state index in [1.807, 2.05) is 6.08 Å². The first kappa shape index (κ1) is 12.7. The first-order valence-electron chi connectivity index (χ1n) is 5.52. The van der Waals surface area contributed by atoms with E-state index in [0.717, 1.165) is 19.3 Å². The van der Waals surface area contributed by atoms with Gasteiger partial charge in [-0.15, -0.1) is 6.58 Å². The minimum absolute atomic E-state index is 0.0297. The Kier molecular flexibility index (Phi) is 6.97. The highest BCUT2D eigenvalue weighted by molar-refractivity contribution is 4.82. The van der Waals surface area contributed by atoms with E-state index >= 15 is 0 Å². The van der Waals surface area contributed by atoms with Gasteiger partial charge in [-0.2, -0.15) is 0 Å². The summed E-state index contributed by atoms with van der Waals surface area (Å²) in [7, 11) is 0. The lowest BCUT2D eigenvalue weighted by atomic mass is 9.90. The van der Waals surface area contributed by atoms with Gasteiger partial charge in [-0.05, 0) is 26.2 Å². The highest BCUT2D eigenvalue weighted by Crippen LogP contribution is 2.17. The third-order valence-electron chi connectivity index (χ3n) is 2.52. The summed E-state index contributed by atoms with van der Waals surface area (Å²) in [5.74, 6) is 0. The van der Waals surface area contributed by atoms with Crippen LogP contribution in [0, 0.1) is 0 Å². The normalized spacial score (nSPS) is 15.3. The first-order valence-corrected chi connectivity index (χ1v) is 5.52. The Balaban J connectivity index is 3.44. The molecule has 0 spiro atoms. The molecule has 13 heavy (non-hydrogen) atoms. The van der Waals surface area contributed by atoms with Crippen LogP contribution in [0.5, 0.6) is 0 Å². The molecule has 0 aliphatic rings. The first-order chi connectivity index (χ1) is 6.12. The summed E-state index contributed by atoms with van der Waals surface area (Å²) in [6, 6.07) is 0. The van der Waals surface area contributed by atoms with Gasteiger partial charge in [0.05, 0.1) is 0 Å². The molecule has 0 aliphatic heterocycles. The molecule has 0 bridgehead atoms. The van der Waals surface area contributed by atoms with Crippen LogP contribution < -0.4 is 5.73 Å². The maximum Gasteiger partial charge on any atom is 0.0128 e. The van der Waals surface area contributed by atoms with Gasteiger partial charge in [0.1, 0.15) is 0 Å². The number of hydrogen-bond donors (Lipinski definition) is 1. The molecule has 0 aromatic rings. The fourth-order valence-electron chi connectivity index (χ4n) is 1.51. The predicted molar refractivity (Wildman–Crippen MR) is 60.8 cm³/mol. The van der Waals surface area contributed by atoms with E-state index in [9.17, 15) is 0 Å². The van der Waals surface area contributed by atoms with E-state index in [0.29, 0.717) is 0 Å². The summed E-state index contributed by atoms with van der Waals surface area (Å²) < 4.78 is 0. The number of unbranched alkanes of at least 4 members (excludes halogenated alkanes) is 3. The lowest BCUT2D eigenvalue weighted by Gasteiger charge is -2.23. The van der Waals surface area contributed by atoms with Crippen LogP contribution in [0.2, 0.25) is 0 Å². The van der Waals surface area contributed by atoms with Crippen molar-refractivity contribution in [3.8, 4) is 0 Å². The van der Waals surface area contributed by atoms with E-state index in [4.69, 9.17) is 5.73 Å². The Morgan fingerprint density at radius 1 is 1.23 bits per heavy atom. The van der Waals surface area contributed by atoms with Gasteiger partial charge < -0.3 is 5.73 Å². The quantitative estimate of drug-likeness (QED) is 0.451. The zero-order valence-electron chi connectivity index (χ0n) is 9.31. The zero-order valence-corrected chi connectivity index (χ0v) is 9.31. The van der Waals surface area contributed by atoms with Crippen LogP contribution in [0.1, 0.15) is 58.8 Å². The summed E-state index contributed by atoms with van der Waals surface area (Å²) in [6.07, 6.45) is 10.5. The molecular weight excluding hydrogens is 158 g/mol. The molecule has 0 saturated heterocycles. The molecular formula is C12H25N. The maximum absolute atomic E-state index is 6.14. The summed E-state index contributed by atoms with van der Waals surface area (Å²) in [5.41, 5.74) is 6.17. The summed E-state index contributed by atoms with van der Waals surface area (Å²) in [6.45, 7) is 8.11. The second-order valence-corrected chi connectivity index (χ2v) is 4.29. The van der Waals surface area contributed by atoms with Crippen molar-refractivity contribution in [2.24, 2.45) is 5.73 Å². The minimum Gasteiger partial charge on any atom is -0.325 e. The Hall–Kier alpha value is -0.300. The van der Waals surface area contributed by atoms with Gasteiger partial charge in [0.25, 0.3) is 0 Å². The second kappa shape index (κ2) is 7.14. The molecule has 78 valence electrons. The molecule has 0 aromatic heterocycles. The Bertz CT molecular complexity index is 127. The van der Waals surface area contributed by atoms with Gasteiger partial charge in [0.15, 0.2) is 0 Å². The average Bonchev–Trinajstić information content (AvgIpc) is 2.09. The lowest BCUT2D eigenvalue weighted by molar-refractivity contribution is 0.384. The van der Waals surface area contributed by atoms with Gasteiger partial charge in [-0.3, -0.25) is 0 Å². The Labute approximate surface area is 83.4 Å². The third kappa shape index (κ3) is 8.04. The molecule has 2 N–H and O–H groups in total. The summed E-state index contributed by atoms with van der Waals surface area (Å²) >= 11 is 0. The van der Waals surface area contributed by atoms with Crippen LogP contribution in [0.3, 0.4) is 0 Å². The van der Waals surface area contributed by atoms with Crippen molar-refractivity contribution in [2.45, 2.75) is 64.3 Å². The van der Waals surface area contributed by atoms with E-state index in [-0.39, 0.29) is 5.54 Å². The van der Waals surface area contributed by atoms with Gasteiger partial charge >= 0.3 is 0 Å². The van der Waals surface area contributed by atoms with Crippen LogP contribution in [-0.4, -0.2) is 5.54 Å². The highest BCUT2D eigenvalue weighted by atomic mass is 14.7. The van der Waals surface area contributed by atoms with E-state index < -0.39 is 0 Å². The SMILES string of the molecule is C=CCCC(C)(N)CCCCCC. The number of allylic oxidation sites excluding steroid dienone is 1. The fourth-order valence-corrected chi connectivity index (χ4v) is 1.51. The zero-order chi connectivity index (χ0) is 10.2. The molecule has 0 rings (SSSR count). The Morgan fingerprint density at radius 3 is 2.46 bits per heavy atom. The molecule has 0 heterocycles. The van der Waals surface area contributed by atoms with Crippen LogP contribution in [-0.2, 0) is 0 Å². The van der Waals surface area contributed by atoms with Crippen molar-refractivity contribution >= 4 is 0 Å². The van der Waals surface area contributed by atoms with Crippen molar-refractivity contribution < 1.29 is 0 Å². The number of hydrogen-bond acceptors (Lipinski definition) is 1. The van der Waals surface area contributed by atoms with Gasteiger partial charge in [-0.1, -0.05) is 38.7 Å². The summed E-state index contributed by atoms with van der Waals surface area (Å²) in [4.78, 5) is 0. The van der Waals surface area contributed by atoms with E-state index in [1.165, 1.54) is 25.7 Å². The molecule has 0 saturated carbocycles. The largest absolute Gasteiger partial charge is 0.325 e. The number of rotatable bonds is 8. The smallest absolute Gasteiger partial charge is 0.0128 e. The fraction of sp³-hybridized carbons (Fsp3) is 0.833. The molecule has 1 unspecified atom stereocenters. The lowest BCUT2D eigenvalue weighted by Crippen LogP contribution is -2.35. The topological polar surface area (TPSA) is 26.0 Å². The van der Waals surface area contributed by atoms with Crippen LogP contribution in [0.25, 0.3) is 0 Å². The minimum atomic E-state index is 0.0297. The highest BCUT2D eigenvalue weighted by Gasteiger charge is 2.15. The monoisotopic (exact) mass is 183 g/mol. The van der Waals surface area contributed by atoms with Gasteiger partial charge in [0.2, 0.25) is 0 Å². The third-order valence-corrected chi connectivity index (χ3v) is 2.52. The van der Waals surface area contributed by atoms with Crippen LogP contribution >= 0.6 is 0 Å². The predicted octanol–water partition coefficient (Wildman–Crippen LogP) is 3.64. The van der Waals surface area contributed by atoms with Gasteiger partial charge in [0, 0.05) is 5.54 Å². The van der Waals surface area contributed by atoms with Gasteiger partial charge in [-0.25, -0.2) is 0 Å². The molecule has 0 radical (unpaired) electrons. The second-order valence-electron chi connectivity index (χ2n) is 4.29. The van der Waals surface area contributed by atoms with Crippen molar-refractivity contribution in [3.63, 3.8) is 0 Å². The van der Waals surface area contributed by atoms with Crippen LogP contribution in [0.15, 0.2) is 12.7 Å². The molecule has 0 aliphatic carbocycles. The standard InChI is InChI=1S/C12H25N/c1-4-6-8-9-11-12(3,13)10-7-5-2/h5H,2,4,6-11,13H2,1,3H3. The van der Waals surface area contributed by atoms with Crippen LogP contribution in [0.4, 0.5) is 0 Å². The molecule has 0 aromatic carbocycles. The molecule has 1 atom stereocenters. The maximum atomic E-state index is 6.14.